The van der Waals surface area contributed by atoms with Crippen LogP contribution in [0.4, 0.5) is 0 Å². The molecule has 108 valence electrons. The Kier molecular flexibility index (Phi) is 3.97. The summed E-state index contributed by atoms with van der Waals surface area (Å²) >= 11 is 0. The maximum Gasteiger partial charge on any atom is 0.138 e. The number of fused-ring (bicyclic) bond motifs is 1. The molecule has 0 saturated carbocycles. The molecule has 0 radical (unpaired) electrons. The van der Waals surface area contributed by atoms with Gasteiger partial charge in [-0.1, -0.05) is 25.1 Å². The molecular formula is C17H20N4. The third-order valence-corrected chi connectivity index (χ3v) is 3.62. The van der Waals surface area contributed by atoms with Crippen LogP contribution in [0.15, 0.2) is 42.7 Å². The largest absolute Gasteiger partial charge is 0.313 e. The van der Waals surface area contributed by atoms with E-state index in [-0.39, 0.29) is 0 Å². The lowest BCUT2D eigenvalue weighted by molar-refractivity contribution is 0.670. The predicted octanol–water partition coefficient (Wildman–Crippen LogP) is 3.23. The van der Waals surface area contributed by atoms with Gasteiger partial charge in [-0.3, -0.25) is 4.57 Å². The maximum atomic E-state index is 4.73. The van der Waals surface area contributed by atoms with E-state index in [0.29, 0.717) is 0 Å². The van der Waals surface area contributed by atoms with Crippen molar-refractivity contribution in [2.75, 3.05) is 6.54 Å². The van der Waals surface area contributed by atoms with E-state index < -0.39 is 0 Å². The van der Waals surface area contributed by atoms with E-state index in [1.165, 1.54) is 5.56 Å². The number of rotatable bonds is 5. The number of nitrogens with zero attached hydrogens (tertiary/aromatic N) is 3. The zero-order valence-corrected chi connectivity index (χ0v) is 12.5. The van der Waals surface area contributed by atoms with Crippen LogP contribution < -0.4 is 5.32 Å². The number of imidazole rings is 1. The fourth-order valence-electron chi connectivity index (χ4n) is 2.44. The minimum Gasteiger partial charge on any atom is -0.313 e. The van der Waals surface area contributed by atoms with Gasteiger partial charge in [0.05, 0.1) is 11.0 Å². The van der Waals surface area contributed by atoms with Crippen LogP contribution in [0.3, 0.4) is 0 Å². The van der Waals surface area contributed by atoms with E-state index in [1.54, 1.807) is 0 Å². The standard InChI is InChI=1S/C17H20N4/c1-3-10-18-11-14-8-9-17(20-13(14)2)21-12-19-15-6-4-5-7-16(15)21/h4-9,12,18H,3,10-11H2,1-2H3. The summed E-state index contributed by atoms with van der Waals surface area (Å²) in [5.41, 5.74) is 4.39. The highest BCUT2D eigenvalue weighted by Crippen LogP contribution is 2.17. The molecule has 0 aliphatic carbocycles. The van der Waals surface area contributed by atoms with Crippen LogP contribution in [-0.4, -0.2) is 21.1 Å². The minimum atomic E-state index is 0.873. The molecule has 0 unspecified atom stereocenters. The van der Waals surface area contributed by atoms with E-state index in [2.05, 4.69) is 42.3 Å². The number of pyridine rings is 1. The summed E-state index contributed by atoms with van der Waals surface area (Å²) in [6, 6.07) is 12.3. The second kappa shape index (κ2) is 6.06. The zero-order valence-electron chi connectivity index (χ0n) is 12.5. The van der Waals surface area contributed by atoms with Gasteiger partial charge in [-0.05, 0) is 43.7 Å². The highest BCUT2D eigenvalue weighted by atomic mass is 15.1. The van der Waals surface area contributed by atoms with Gasteiger partial charge in [0, 0.05) is 12.2 Å². The predicted molar refractivity (Wildman–Crippen MR) is 85.6 cm³/mol. The Hall–Kier alpha value is -2.20. The normalized spacial score (nSPS) is 11.1. The number of aryl methyl sites for hydroxylation is 1. The highest BCUT2D eigenvalue weighted by molar-refractivity contribution is 5.76. The Morgan fingerprint density at radius 1 is 1.14 bits per heavy atom. The average Bonchev–Trinajstić information content (AvgIpc) is 2.93. The van der Waals surface area contributed by atoms with Gasteiger partial charge in [-0.25, -0.2) is 9.97 Å². The van der Waals surface area contributed by atoms with E-state index in [9.17, 15) is 0 Å². The van der Waals surface area contributed by atoms with Crippen LogP contribution in [0, 0.1) is 6.92 Å². The number of hydrogen-bond donors (Lipinski definition) is 1. The van der Waals surface area contributed by atoms with Crippen molar-refractivity contribution < 1.29 is 0 Å². The van der Waals surface area contributed by atoms with E-state index in [0.717, 1.165) is 42.1 Å². The molecule has 1 N–H and O–H groups in total. The molecule has 0 atom stereocenters. The molecule has 4 heteroatoms. The Morgan fingerprint density at radius 2 is 2.00 bits per heavy atom. The Labute approximate surface area is 124 Å². The van der Waals surface area contributed by atoms with Crippen LogP contribution in [0.2, 0.25) is 0 Å². The SMILES string of the molecule is CCCNCc1ccc(-n2cnc3ccccc32)nc1C. The molecule has 21 heavy (non-hydrogen) atoms. The lowest BCUT2D eigenvalue weighted by Gasteiger charge is -2.09. The summed E-state index contributed by atoms with van der Waals surface area (Å²) in [6.45, 7) is 6.14. The zero-order chi connectivity index (χ0) is 14.7. The molecule has 0 amide bonds. The first-order valence-corrected chi connectivity index (χ1v) is 7.39. The topological polar surface area (TPSA) is 42.7 Å². The number of benzene rings is 1. The van der Waals surface area contributed by atoms with Crippen LogP contribution in [0.1, 0.15) is 24.6 Å². The summed E-state index contributed by atoms with van der Waals surface area (Å²) in [5.74, 6) is 0.917. The van der Waals surface area contributed by atoms with Crippen molar-refractivity contribution in [1.82, 2.24) is 19.9 Å². The summed E-state index contributed by atoms with van der Waals surface area (Å²) in [7, 11) is 0. The fraction of sp³-hybridized carbons (Fsp3) is 0.294. The second-order valence-electron chi connectivity index (χ2n) is 5.19. The summed E-state index contributed by atoms with van der Waals surface area (Å²) < 4.78 is 2.03. The van der Waals surface area contributed by atoms with Crippen molar-refractivity contribution in [3.8, 4) is 5.82 Å². The van der Waals surface area contributed by atoms with Gasteiger partial charge in [0.2, 0.25) is 0 Å². The van der Waals surface area contributed by atoms with Gasteiger partial charge < -0.3 is 5.32 Å². The van der Waals surface area contributed by atoms with Gasteiger partial charge >= 0.3 is 0 Å². The molecule has 3 aromatic rings. The molecule has 0 aliphatic rings. The van der Waals surface area contributed by atoms with E-state index >= 15 is 0 Å². The molecule has 3 rings (SSSR count). The molecule has 0 aliphatic heterocycles. The van der Waals surface area contributed by atoms with Crippen molar-refractivity contribution in [2.45, 2.75) is 26.8 Å². The monoisotopic (exact) mass is 280 g/mol. The van der Waals surface area contributed by atoms with Gasteiger partial charge in [0.15, 0.2) is 0 Å². The van der Waals surface area contributed by atoms with Crippen molar-refractivity contribution in [1.29, 1.82) is 0 Å². The third kappa shape index (κ3) is 2.81. The third-order valence-electron chi connectivity index (χ3n) is 3.62. The first kappa shape index (κ1) is 13.8. The number of para-hydroxylation sites is 2. The van der Waals surface area contributed by atoms with Crippen LogP contribution in [0.25, 0.3) is 16.9 Å². The van der Waals surface area contributed by atoms with Crippen LogP contribution >= 0.6 is 0 Å². The minimum absolute atomic E-state index is 0.873. The maximum absolute atomic E-state index is 4.73. The molecule has 1 aromatic carbocycles. The quantitative estimate of drug-likeness (QED) is 0.730. The van der Waals surface area contributed by atoms with E-state index in [1.807, 2.05) is 29.1 Å². The smallest absolute Gasteiger partial charge is 0.138 e. The lowest BCUT2D eigenvalue weighted by Crippen LogP contribution is -2.15. The highest BCUT2D eigenvalue weighted by Gasteiger charge is 2.07. The Bertz CT molecular complexity index is 745. The molecule has 4 nitrogen and oxygen atoms in total. The van der Waals surface area contributed by atoms with E-state index in [4.69, 9.17) is 4.98 Å². The van der Waals surface area contributed by atoms with Gasteiger partial charge in [0.25, 0.3) is 0 Å². The van der Waals surface area contributed by atoms with Gasteiger partial charge in [-0.2, -0.15) is 0 Å². The van der Waals surface area contributed by atoms with Crippen molar-refractivity contribution in [3.05, 3.63) is 54.0 Å². The molecular weight excluding hydrogens is 260 g/mol. The molecule has 2 aromatic heterocycles. The summed E-state index contributed by atoms with van der Waals surface area (Å²) in [5, 5.41) is 3.42. The number of hydrogen-bond acceptors (Lipinski definition) is 3. The van der Waals surface area contributed by atoms with Gasteiger partial charge in [-0.15, -0.1) is 0 Å². The second-order valence-corrected chi connectivity index (χ2v) is 5.19. The Morgan fingerprint density at radius 3 is 2.81 bits per heavy atom. The Balaban J connectivity index is 1.91. The van der Waals surface area contributed by atoms with Crippen molar-refractivity contribution >= 4 is 11.0 Å². The first-order chi connectivity index (χ1) is 10.3. The lowest BCUT2D eigenvalue weighted by atomic mass is 10.2. The average molecular weight is 280 g/mol. The first-order valence-electron chi connectivity index (χ1n) is 7.39. The molecule has 0 fully saturated rings. The number of aromatic nitrogens is 3. The van der Waals surface area contributed by atoms with Crippen molar-refractivity contribution in [2.24, 2.45) is 0 Å². The molecule has 0 bridgehead atoms. The summed E-state index contributed by atoms with van der Waals surface area (Å²) in [4.78, 5) is 9.15. The number of nitrogens with one attached hydrogen (secondary N) is 1. The fourth-order valence-corrected chi connectivity index (χ4v) is 2.44. The molecule has 0 spiro atoms. The summed E-state index contributed by atoms with van der Waals surface area (Å²) in [6.07, 6.45) is 2.98. The molecule has 2 heterocycles. The van der Waals surface area contributed by atoms with Crippen LogP contribution in [0.5, 0.6) is 0 Å². The molecule has 0 saturated heterocycles. The van der Waals surface area contributed by atoms with Crippen LogP contribution in [-0.2, 0) is 6.54 Å². The van der Waals surface area contributed by atoms with Crippen molar-refractivity contribution in [3.63, 3.8) is 0 Å². The van der Waals surface area contributed by atoms with Gasteiger partial charge in [0.1, 0.15) is 12.1 Å².